The molecule has 0 aromatic heterocycles. The quantitative estimate of drug-likeness (QED) is 0.356. The third kappa shape index (κ3) is 4.59. The van der Waals surface area contributed by atoms with E-state index in [0.717, 1.165) is 32.5 Å². The first kappa shape index (κ1) is 25.6. The van der Waals surface area contributed by atoms with Crippen molar-refractivity contribution in [2.24, 2.45) is 5.41 Å². The molecule has 3 aliphatic rings. The maximum absolute atomic E-state index is 14.0. The van der Waals surface area contributed by atoms with Gasteiger partial charge >= 0.3 is 0 Å². The zero-order valence-electron chi connectivity index (χ0n) is 22.0. The Morgan fingerprint density at radius 3 is 2.15 bits per heavy atom. The molecule has 39 heavy (non-hydrogen) atoms. The third-order valence-corrected chi connectivity index (χ3v) is 8.25. The number of carbonyl (C=O) groups excluding carboxylic acids is 2. The van der Waals surface area contributed by atoms with Crippen molar-refractivity contribution < 1.29 is 14.0 Å². The van der Waals surface area contributed by atoms with Crippen molar-refractivity contribution in [3.05, 3.63) is 122 Å². The predicted octanol–water partition coefficient (Wildman–Crippen LogP) is 6.77. The number of anilines is 1. The lowest BCUT2D eigenvalue weighted by Crippen LogP contribution is -2.53. The molecule has 2 aliphatic heterocycles. The summed E-state index contributed by atoms with van der Waals surface area (Å²) >= 11 is 3.53. The Hall–Kier alpha value is -3.71. The molecule has 0 saturated carbocycles. The highest BCUT2D eigenvalue weighted by atomic mass is 79.9. The third-order valence-electron chi connectivity index (χ3n) is 7.72. The topological polar surface area (TPSA) is 61.4 Å². The Labute approximate surface area is 235 Å². The second-order valence-corrected chi connectivity index (χ2v) is 12.2. The van der Waals surface area contributed by atoms with Crippen molar-refractivity contribution in [2.75, 3.05) is 4.90 Å². The van der Waals surface area contributed by atoms with Gasteiger partial charge in [0.05, 0.1) is 5.57 Å². The number of allylic oxidation sites excluding steroid dienone is 2. The normalized spacial score (nSPS) is 22.2. The van der Waals surface area contributed by atoms with Gasteiger partial charge in [-0.15, -0.1) is 0 Å². The van der Waals surface area contributed by atoms with Crippen molar-refractivity contribution in [3.8, 4) is 0 Å². The summed E-state index contributed by atoms with van der Waals surface area (Å²) in [6, 6.07) is 22.0. The Morgan fingerprint density at radius 2 is 1.49 bits per heavy atom. The van der Waals surface area contributed by atoms with Crippen LogP contribution in [0.3, 0.4) is 0 Å². The van der Waals surface area contributed by atoms with Crippen LogP contribution in [0.25, 0.3) is 0 Å². The fourth-order valence-corrected chi connectivity index (χ4v) is 6.18. The van der Waals surface area contributed by atoms with Crippen LogP contribution >= 0.6 is 15.9 Å². The second kappa shape index (κ2) is 9.49. The van der Waals surface area contributed by atoms with E-state index in [1.807, 2.05) is 55.5 Å². The Balaban J connectivity index is 1.60. The summed E-state index contributed by atoms with van der Waals surface area (Å²) in [7, 11) is 0. The molecule has 7 heteroatoms. The van der Waals surface area contributed by atoms with Crippen LogP contribution in [0, 0.1) is 18.2 Å². The minimum Gasteiger partial charge on any atom is -0.347 e. The number of hydrogen-bond donors (Lipinski definition) is 2. The van der Waals surface area contributed by atoms with Crippen molar-refractivity contribution in [2.45, 2.75) is 45.7 Å². The van der Waals surface area contributed by atoms with E-state index in [1.54, 1.807) is 12.1 Å². The smallest absolute Gasteiger partial charge is 0.253 e. The van der Waals surface area contributed by atoms with Crippen LogP contribution in [0.2, 0.25) is 0 Å². The van der Waals surface area contributed by atoms with E-state index in [4.69, 9.17) is 0 Å². The largest absolute Gasteiger partial charge is 0.347 e. The minimum absolute atomic E-state index is 0.0638. The first-order valence-electron chi connectivity index (χ1n) is 13.1. The van der Waals surface area contributed by atoms with Crippen LogP contribution < -0.4 is 15.5 Å². The van der Waals surface area contributed by atoms with Gasteiger partial charge in [0.25, 0.3) is 5.91 Å². The zero-order valence-corrected chi connectivity index (χ0v) is 23.6. The summed E-state index contributed by atoms with van der Waals surface area (Å²) in [6.07, 6.45) is 0.523. The summed E-state index contributed by atoms with van der Waals surface area (Å²) in [6.45, 7) is 6.24. The van der Waals surface area contributed by atoms with Gasteiger partial charge in [-0.05, 0) is 66.3 Å². The Morgan fingerprint density at radius 1 is 0.846 bits per heavy atom. The van der Waals surface area contributed by atoms with Crippen LogP contribution in [0.5, 0.6) is 0 Å². The number of nitrogens with zero attached hydrogens (tertiary/aromatic N) is 1. The van der Waals surface area contributed by atoms with Crippen LogP contribution in [0.15, 0.2) is 99.9 Å². The fraction of sp³-hybridized carbons (Fsp3) is 0.250. The van der Waals surface area contributed by atoms with Crippen LogP contribution in [-0.2, 0) is 9.59 Å². The van der Waals surface area contributed by atoms with E-state index in [-0.39, 0.29) is 22.9 Å². The lowest BCUT2D eigenvalue weighted by molar-refractivity contribution is -0.119. The van der Waals surface area contributed by atoms with E-state index in [2.05, 4.69) is 45.3 Å². The molecule has 1 aliphatic carbocycles. The highest BCUT2D eigenvalue weighted by molar-refractivity contribution is 9.10. The summed E-state index contributed by atoms with van der Waals surface area (Å²) in [5, 5.41) is 6.64. The zero-order chi connectivity index (χ0) is 27.5. The van der Waals surface area contributed by atoms with Crippen LogP contribution in [0.1, 0.15) is 55.5 Å². The van der Waals surface area contributed by atoms with Gasteiger partial charge in [0.15, 0.2) is 5.78 Å². The molecule has 0 saturated heterocycles. The number of nitrogens with one attached hydrogen (secondary N) is 2. The average Bonchev–Trinajstić information content (AvgIpc) is 2.88. The van der Waals surface area contributed by atoms with Crippen molar-refractivity contribution >= 4 is 33.3 Å². The van der Waals surface area contributed by atoms with Crippen molar-refractivity contribution in [3.63, 3.8) is 0 Å². The highest BCUT2D eigenvalue weighted by Gasteiger charge is 2.48. The molecule has 2 atom stereocenters. The molecule has 6 rings (SSSR count). The Kier molecular flexibility index (Phi) is 6.22. The lowest BCUT2D eigenvalue weighted by Gasteiger charge is -2.48. The van der Waals surface area contributed by atoms with E-state index in [1.165, 1.54) is 12.1 Å². The summed E-state index contributed by atoms with van der Waals surface area (Å²) < 4.78 is 14.6. The molecule has 1 amide bonds. The minimum atomic E-state index is -0.567. The molecule has 0 fully saturated rings. The maximum atomic E-state index is 14.0. The molecule has 198 valence electrons. The number of aryl methyl sites for hydroxylation is 1. The number of hydrogen-bond acceptors (Lipinski definition) is 4. The van der Waals surface area contributed by atoms with Crippen molar-refractivity contribution in [1.82, 2.24) is 10.6 Å². The average molecular weight is 587 g/mol. The number of Topliss-reactive ketones (excluding diaryl/α,β-unsaturated/α-hetero) is 1. The van der Waals surface area contributed by atoms with Gasteiger partial charge in [-0.25, -0.2) is 4.39 Å². The van der Waals surface area contributed by atoms with E-state index < -0.39 is 12.1 Å². The number of rotatable bonds is 3. The summed E-state index contributed by atoms with van der Waals surface area (Å²) in [4.78, 5) is 30.0. The molecule has 5 nitrogen and oxygen atoms in total. The van der Waals surface area contributed by atoms with Gasteiger partial charge < -0.3 is 10.6 Å². The monoisotopic (exact) mass is 585 g/mol. The molecular weight excluding hydrogens is 557 g/mol. The number of ketones is 1. The van der Waals surface area contributed by atoms with Gasteiger partial charge in [0.2, 0.25) is 0 Å². The fourth-order valence-electron chi connectivity index (χ4n) is 5.92. The predicted molar refractivity (Wildman–Crippen MR) is 153 cm³/mol. The molecule has 0 radical (unpaired) electrons. The number of carbonyl (C=O) groups is 2. The summed E-state index contributed by atoms with van der Waals surface area (Å²) in [5.74, 6) is -0.395. The Bertz CT molecular complexity index is 1540. The standard InChI is InChI=1S/C32H29BrFN3O2/c1-18-4-6-19(7-5-18)26-27-24(16-32(2,3)17-25(27)38)37(23-14-10-21(33)11-15-23)30-28(26)31(39)36-29(35-30)20-8-12-22(34)13-9-20/h4-15,26,29,35H,16-17H2,1-3H3,(H,36,39). The number of amides is 1. The lowest BCUT2D eigenvalue weighted by atomic mass is 9.68. The molecular formula is C32H29BrFN3O2. The van der Waals surface area contributed by atoms with E-state index in [0.29, 0.717) is 29.8 Å². The van der Waals surface area contributed by atoms with Gasteiger partial charge in [-0.3, -0.25) is 14.5 Å². The maximum Gasteiger partial charge on any atom is 0.253 e. The van der Waals surface area contributed by atoms with Gasteiger partial charge in [0, 0.05) is 33.8 Å². The van der Waals surface area contributed by atoms with Crippen LogP contribution in [0.4, 0.5) is 10.1 Å². The highest BCUT2D eigenvalue weighted by Crippen LogP contribution is 2.51. The van der Waals surface area contributed by atoms with Gasteiger partial charge in [-0.2, -0.15) is 0 Å². The summed E-state index contributed by atoms with van der Waals surface area (Å²) in [5.41, 5.74) is 5.44. The second-order valence-electron chi connectivity index (χ2n) is 11.3. The molecule has 2 heterocycles. The SMILES string of the molecule is Cc1ccc(C2C3=C(CC(C)(C)CC3=O)N(c3ccc(Br)cc3)C3=C2C(=O)NC(c2ccc(F)cc2)N3)cc1. The van der Waals surface area contributed by atoms with E-state index in [9.17, 15) is 14.0 Å². The molecule has 2 N–H and O–H groups in total. The van der Waals surface area contributed by atoms with Gasteiger partial charge in [0.1, 0.15) is 17.8 Å². The molecule has 3 aromatic rings. The molecule has 0 spiro atoms. The first-order chi connectivity index (χ1) is 18.6. The first-order valence-corrected chi connectivity index (χ1v) is 13.9. The van der Waals surface area contributed by atoms with Crippen LogP contribution in [-0.4, -0.2) is 11.7 Å². The van der Waals surface area contributed by atoms with E-state index >= 15 is 0 Å². The number of benzene rings is 3. The number of halogens is 2. The molecule has 0 bridgehead atoms. The molecule has 3 aromatic carbocycles. The van der Waals surface area contributed by atoms with Crippen molar-refractivity contribution in [1.29, 1.82) is 0 Å². The molecule has 2 unspecified atom stereocenters. The van der Waals surface area contributed by atoms with Gasteiger partial charge in [-0.1, -0.05) is 71.7 Å².